The highest BCUT2D eigenvalue weighted by atomic mass is 16.6. The lowest BCUT2D eigenvalue weighted by Gasteiger charge is -2.31. The Hall–Kier alpha value is -5.22. The van der Waals surface area contributed by atoms with E-state index in [9.17, 15) is 24.9 Å². The number of ether oxygens (including phenoxy) is 3. The van der Waals surface area contributed by atoms with Crippen molar-refractivity contribution in [2.24, 2.45) is 0 Å². The van der Waals surface area contributed by atoms with Crippen LogP contribution in [0.25, 0.3) is 0 Å². The van der Waals surface area contributed by atoms with Crippen LogP contribution < -0.4 is 15.4 Å². The molecule has 0 unspecified atom stereocenters. The van der Waals surface area contributed by atoms with E-state index in [0.29, 0.717) is 11.1 Å². The van der Waals surface area contributed by atoms with Crippen LogP contribution in [0.4, 0.5) is 21.0 Å². The second kappa shape index (κ2) is 12.3. The van der Waals surface area contributed by atoms with Crippen molar-refractivity contribution in [3.8, 4) is 17.2 Å². The first-order valence-electron chi connectivity index (χ1n) is 12.8. The minimum absolute atomic E-state index is 0.0302. The predicted octanol–water partition coefficient (Wildman–Crippen LogP) is 5.63. The van der Waals surface area contributed by atoms with Crippen molar-refractivity contribution < 1.29 is 39.1 Å². The Morgan fingerprint density at radius 1 is 0.780 bits per heavy atom. The number of carbonyl (C=O) groups excluding carboxylic acids is 2. The number of aliphatic hydroxyl groups is 1. The number of fused-ring (bicyclic) bond motifs is 1. The molecule has 0 fully saturated rings. The Kier molecular flexibility index (Phi) is 8.21. The van der Waals surface area contributed by atoms with Crippen molar-refractivity contribution in [2.45, 2.75) is 31.8 Å². The third-order valence-electron chi connectivity index (χ3n) is 6.46. The molecule has 4 aromatic rings. The van der Waals surface area contributed by atoms with E-state index in [0.717, 1.165) is 11.1 Å². The van der Waals surface area contributed by atoms with Crippen LogP contribution in [0.1, 0.15) is 28.4 Å². The highest BCUT2D eigenvalue weighted by Crippen LogP contribution is 2.42. The molecule has 0 bridgehead atoms. The number of amides is 2. The number of aromatic hydroxyl groups is 2. The molecule has 0 saturated heterocycles. The van der Waals surface area contributed by atoms with Gasteiger partial charge in [-0.2, -0.15) is 0 Å². The molecule has 210 valence electrons. The molecule has 0 radical (unpaired) electrons. The highest BCUT2D eigenvalue weighted by Gasteiger charge is 2.32. The van der Waals surface area contributed by atoms with E-state index in [1.54, 1.807) is 6.07 Å². The zero-order valence-corrected chi connectivity index (χ0v) is 21.8. The van der Waals surface area contributed by atoms with Crippen LogP contribution in [-0.4, -0.2) is 33.6 Å². The van der Waals surface area contributed by atoms with Crippen LogP contribution in [0.5, 0.6) is 17.2 Å². The molecule has 0 aliphatic carbocycles. The summed E-state index contributed by atoms with van der Waals surface area (Å²) < 4.78 is 16.6. The fourth-order valence-electron chi connectivity index (χ4n) is 4.44. The van der Waals surface area contributed by atoms with Gasteiger partial charge in [-0.25, -0.2) is 9.59 Å². The van der Waals surface area contributed by atoms with Crippen LogP contribution >= 0.6 is 0 Å². The number of hydrogen-bond donors (Lipinski definition) is 5. The summed E-state index contributed by atoms with van der Waals surface area (Å²) in [5.74, 6) is -0.149. The summed E-state index contributed by atoms with van der Waals surface area (Å²) in [4.78, 5) is 25.3. The van der Waals surface area contributed by atoms with Gasteiger partial charge >= 0.3 is 12.2 Å². The summed E-state index contributed by atoms with van der Waals surface area (Å²) in [5, 5.41) is 36.2. The molecule has 0 aromatic heterocycles. The lowest BCUT2D eigenvalue weighted by Crippen LogP contribution is -2.30. The topological polar surface area (TPSA) is 147 Å². The number of carbonyl (C=O) groups is 2. The van der Waals surface area contributed by atoms with Crippen LogP contribution in [0, 0.1) is 0 Å². The van der Waals surface area contributed by atoms with Gasteiger partial charge in [0, 0.05) is 24.1 Å². The van der Waals surface area contributed by atoms with Crippen LogP contribution in [-0.2, 0) is 29.1 Å². The van der Waals surface area contributed by atoms with Gasteiger partial charge < -0.3 is 29.5 Å². The number of hydrogen-bond acceptors (Lipinski definition) is 8. The zero-order chi connectivity index (χ0) is 28.8. The van der Waals surface area contributed by atoms with Gasteiger partial charge in [-0.15, -0.1) is 0 Å². The fourth-order valence-corrected chi connectivity index (χ4v) is 4.44. The molecule has 0 spiro atoms. The molecule has 0 saturated carbocycles. The second-order valence-electron chi connectivity index (χ2n) is 9.43. The first kappa shape index (κ1) is 27.4. The number of aliphatic hydroxyl groups excluding tert-OH is 1. The molecule has 1 heterocycles. The van der Waals surface area contributed by atoms with E-state index < -0.39 is 24.4 Å². The number of phenolic OH excluding ortho intramolecular Hbond substituents is 2. The van der Waals surface area contributed by atoms with Crippen LogP contribution in [0.2, 0.25) is 0 Å². The molecule has 2 amide bonds. The zero-order valence-electron chi connectivity index (χ0n) is 21.8. The number of anilines is 2. The standard InChI is InChI=1S/C31H28N2O8/c34-22-14-26(35)23-16-27(36)29(41-28(23)15-22)21-11-12-24(32-30(37)39-17-19-7-3-1-4-8-19)25(13-21)33-31(38)40-18-20-9-5-2-6-10-20/h1-15,27,29,34-36H,16-18H2,(H,32,37)(H,33,38)/t27-,29-/m1/s1. The van der Waals surface area contributed by atoms with Crippen molar-refractivity contribution in [2.75, 3.05) is 10.6 Å². The SMILES string of the molecule is O=C(Nc1ccc([C@H]2Oc3cc(O)cc(O)c3C[C@H]2O)cc1NC(=O)OCc1ccccc1)OCc1ccccc1. The molecule has 10 nitrogen and oxygen atoms in total. The first-order valence-corrected chi connectivity index (χ1v) is 12.8. The third-order valence-corrected chi connectivity index (χ3v) is 6.46. The minimum Gasteiger partial charge on any atom is -0.508 e. The molecule has 5 N–H and O–H groups in total. The van der Waals surface area contributed by atoms with Crippen molar-refractivity contribution in [3.05, 3.63) is 113 Å². The molecule has 2 atom stereocenters. The van der Waals surface area contributed by atoms with Gasteiger partial charge in [-0.3, -0.25) is 10.6 Å². The third kappa shape index (κ3) is 6.87. The molecular formula is C31H28N2O8. The Balaban J connectivity index is 1.36. The van der Waals surface area contributed by atoms with Gasteiger partial charge in [0.1, 0.15) is 36.6 Å². The predicted molar refractivity (Wildman–Crippen MR) is 150 cm³/mol. The average Bonchev–Trinajstić information content (AvgIpc) is 2.97. The lowest BCUT2D eigenvalue weighted by molar-refractivity contribution is 0.0198. The molecule has 41 heavy (non-hydrogen) atoms. The monoisotopic (exact) mass is 556 g/mol. The maximum atomic E-state index is 12.7. The van der Waals surface area contributed by atoms with Crippen molar-refractivity contribution in [3.63, 3.8) is 0 Å². The summed E-state index contributed by atoms with van der Waals surface area (Å²) in [5.41, 5.74) is 2.84. The molecule has 1 aliphatic rings. The van der Waals surface area contributed by atoms with Gasteiger partial charge in [0.15, 0.2) is 0 Å². The number of phenols is 2. The summed E-state index contributed by atoms with van der Waals surface area (Å²) in [6.07, 6.45) is -3.39. The summed E-state index contributed by atoms with van der Waals surface area (Å²) in [7, 11) is 0. The van der Waals surface area contributed by atoms with E-state index in [1.807, 2.05) is 60.7 Å². The van der Waals surface area contributed by atoms with Gasteiger partial charge in [-0.05, 0) is 28.8 Å². The van der Waals surface area contributed by atoms with E-state index in [2.05, 4.69) is 10.6 Å². The maximum Gasteiger partial charge on any atom is 0.412 e. The van der Waals surface area contributed by atoms with Crippen LogP contribution in [0.3, 0.4) is 0 Å². The minimum atomic E-state index is -1.05. The van der Waals surface area contributed by atoms with Crippen LogP contribution in [0.15, 0.2) is 91.0 Å². The van der Waals surface area contributed by atoms with Crippen molar-refractivity contribution in [1.29, 1.82) is 0 Å². The quantitative estimate of drug-likeness (QED) is 0.197. The fraction of sp³-hybridized carbons (Fsp3) is 0.161. The Labute approximate surface area is 235 Å². The summed E-state index contributed by atoms with van der Waals surface area (Å²) >= 11 is 0. The van der Waals surface area contributed by atoms with E-state index >= 15 is 0 Å². The Bertz CT molecular complexity index is 1530. The van der Waals surface area contributed by atoms with Crippen molar-refractivity contribution in [1.82, 2.24) is 0 Å². The Morgan fingerprint density at radius 2 is 1.37 bits per heavy atom. The number of benzene rings is 4. The number of rotatable bonds is 7. The van der Waals surface area contributed by atoms with E-state index in [-0.39, 0.29) is 48.3 Å². The molecule has 1 aliphatic heterocycles. The normalized spacial score (nSPS) is 15.6. The van der Waals surface area contributed by atoms with Gasteiger partial charge in [-0.1, -0.05) is 66.7 Å². The summed E-state index contributed by atoms with van der Waals surface area (Å²) in [6.45, 7) is 0.0797. The maximum absolute atomic E-state index is 12.7. The highest BCUT2D eigenvalue weighted by molar-refractivity contribution is 5.95. The average molecular weight is 557 g/mol. The van der Waals surface area contributed by atoms with Gasteiger partial charge in [0.05, 0.1) is 17.5 Å². The smallest absolute Gasteiger partial charge is 0.412 e. The molecule has 10 heteroatoms. The van der Waals surface area contributed by atoms with E-state index in [4.69, 9.17) is 14.2 Å². The Morgan fingerprint density at radius 3 is 1.98 bits per heavy atom. The molecule has 4 aromatic carbocycles. The largest absolute Gasteiger partial charge is 0.508 e. The second-order valence-corrected chi connectivity index (χ2v) is 9.43. The van der Waals surface area contributed by atoms with Crippen molar-refractivity contribution >= 4 is 23.6 Å². The first-order chi connectivity index (χ1) is 19.9. The van der Waals surface area contributed by atoms with E-state index in [1.165, 1.54) is 24.3 Å². The molecule has 5 rings (SSSR count). The number of nitrogens with one attached hydrogen (secondary N) is 2. The summed E-state index contributed by atoms with van der Waals surface area (Å²) in [6, 6.07) is 25.6. The van der Waals surface area contributed by atoms with Gasteiger partial charge in [0.25, 0.3) is 0 Å². The van der Waals surface area contributed by atoms with Gasteiger partial charge in [0.2, 0.25) is 0 Å². The lowest BCUT2D eigenvalue weighted by atomic mass is 9.93. The molecular weight excluding hydrogens is 528 g/mol.